The van der Waals surface area contributed by atoms with E-state index in [-0.39, 0.29) is 0 Å². The summed E-state index contributed by atoms with van der Waals surface area (Å²) in [5.41, 5.74) is 8.47. The number of nitrogens with zero attached hydrogens (tertiary/aromatic N) is 1. The Morgan fingerprint density at radius 3 is 2.40 bits per heavy atom. The second kappa shape index (κ2) is 8.48. The van der Waals surface area contributed by atoms with Gasteiger partial charge in [-0.2, -0.15) is 0 Å². The molecule has 170 valence electrons. The van der Waals surface area contributed by atoms with Gasteiger partial charge in [0.05, 0.1) is 5.69 Å². The lowest BCUT2D eigenvalue weighted by atomic mass is 9.92. The number of nitrogens with one attached hydrogen (secondary N) is 1. The maximum Gasteiger partial charge on any atom is 0.0540 e. The highest BCUT2D eigenvalue weighted by atomic mass is 15.1. The van der Waals surface area contributed by atoms with Crippen LogP contribution < -0.4 is 15.4 Å². The van der Waals surface area contributed by atoms with Gasteiger partial charge < -0.3 is 10.2 Å². The minimum absolute atomic E-state index is 0.917. The average molecular weight is 453 g/mol. The Kier molecular flexibility index (Phi) is 5.15. The van der Waals surface area contributed by atoms with Gasteiger partial charge >= 0.3 is 0 Å². The third-order valence-corrected chi connectivity index (χ3v) is 7.02. The van der Waals surface area contributed by atoms with Crippen LogP contribution in [0, 0.1) is 6.92 Å². The van der Waals surface area contributed by atoms with Gasteiger partial charge in [-0.25, -0.2) is 0 Å². The molecule has 0 atom stereocenters. The fraction of sp³-hybridized carbons (Fsp3) is 0.0909. The number of allylic oxidation sites excluding steroid dienone is 1. The fourth-order valence-corrected chi connectivity index (χ4v) is 5.40. The number of para-hydroxylation sites is 1. The molecule has 0 unspecified atom stereocenters. The van der Waals surface area contributed by atoms with Crippen molar-refractivity contribution in [1.29, 1.82) is 0 Å². The molecule has 1 N–H and O–H groups in total. The Labute approximate surface area is 206 Å². The van der Waals surface area contributed by atoms with E-state index >= 15 is 0 Å². The second-order valence-electron chi connectivity index (χ2n) is 9.29. The number of rotatable bonds is 5. The van der Waals surface area contributed by atoms with Gasteiger partial charge in [-0.3, -0.25) is 0 Å². The van der Waals surface area contributed by atoms with Crippen molar-refractivity contribution < 1.29 is 0 Å². The molecule has 2 heteroatoms. The predicted molar refractivity (Wildman–Crippen MR) is 151 cm³/mol. The highest BCUT2D eigenvalue weighted by Gasteiger charge is 2.20. The summed E-state index contributed by atoms with van der Waals surface area (Å²) in [6.07, 6.45) is 4.97. The summed E-state index contributed by atoms with van der Waals surface area (Å²) >= 11 is 0. The minimum atomic E-state index is 0.917. The van der Waals surface area contributed by atoms with Crippen molar-refractivity contribution in [3.63, 3.8) is 0 Å². The molecule has 0 heterocycles. The van der Waals surface area contributed by atoms with E-state index in [1.54, 1.807) is 6.20 Å². The smallest absolute Gasteiger partial charge is 0.0540 e. The van der Waals surface area contributed by atoms with Gasteiger partial charge in [-0.05, 0) is 83.7 Å². The van der Waals surface area contributed by atoms with Crippen molar-refractivity contribution in [2.45, 2.75) is 20.3 Å². The molecule has 1 aliphatic rings. The summed E-state index contributed by atoms with van der Waals surface area (Å²) < 4.78 is 0. The maximum absolute atomic E-state index is 3.92. The summed E-state index contributed by atoms with van der Waals surface area (Å²) in [6.45, 7) is 8.31. The molecule has 0 saturated heterocycles. The summed E-state index contributed by atoms with van der Waals surface area (Å²) in [4.78, 5) is 2.38. The fourth-order valence-electron chi connectivity index (χ4n) is 5.40. The molecule has 0 aliphatic heterocycles. The normalized spacial score (nSPS) is 13.0. The first-order chi connectivity index (χ1) is 17.2. The Hall–Kier alpha value is -4.30. The van der Waals surface area contributed by atoms with Crippen LogP contribution >= 0.6 is 0 Å². The van der Waals surface area contributed by atoms with Crippen molar-refractivity contribution in [3.8, 4) is 0 Å². The van der Waals surface area contributed by atoms with E-state index in [2.05, 4.69) is 128 Å². The van der Waals surface area contributed by atoms with Crippen LogP contribution in [0.4, 0.5) is 17.1 Å². The third kappa shape index (κ3) is 3.50. The molecule has 35 heavy (non-hydrogen) atoms. The molecule has 0 saturated carbocycles. The number of aryl methyl sites for hydroxylation is 1. The van der Waals surface area contributed by atoms with E-state index in [9.17, 15) is 0 Å². The lowest BCUT2D eigenvalue weighted by Crippen LogP contribution is -2.13. The first-order valence-corrected chi connectivity index (χ1v) is 12.1. The van der Waals surface area contributed by atoms with E-state index in [1.807, 2.05) is 0 Å². The number of hydrogen-bond acceptors (Lipinski definition) is 2. The zero-order chi connectivity index (χ0) is 23.9. The van der Waals surface area contributed by atoms with Crippen LogP contribution in [-0.4, -0.2) is 0 Å². The quantitative estimate of drug-likeness (QED) is 0.289. The van der Waals surface area contributed by atoms with Gasteiger partial charge in [0.15, 0.2) is 0 Å². The Balaban J connectivity index is 1.72. The van der Waals surface area contributed by atoms with Crippen molar-refractivity contribution in [3.05, 3.63) is 126 Å². The van der Waals surface area contributed by atoms with Gasteiger partial charge in [0.1, 0.15) is 0 Å². The molecule has 2 nitrogen and oxygen atoms in total. The van der Waals surface area contributed by atoms with Crippen LogP contribution in [0.15, 0.2) is 110 Å². The Bertz CT molecular complexity index is 1680. The van der Waals surface area contributed by atoms with Crippen LogP contribution in [0.5, 0.6) is 0 Å². The van der Waals surface area contributed by atoms with Gasteiger partial charge in [0.25, 0.3) is 0 Å². The first-order valence-electron chi connectivity index (χ1n) is 12.1. The summed E-state index contributed by atoms with van der Waals surface area (Å²) in [5, 5.41) is 9.85. The molecule has 0 amide bonds. The number of anilines is 3. The molecule has 5 aromatic carbocycles. The monoisotopic (exact) mass is 452 g/mol. The molecular weight excluding hydrogens is 424 g/mol. The molecule has 1 aliphatic carbocycles. The minimum Gasteiger partial charge on any atom is -0.362 e. The van der Waals surface area contributed by atoms with Crippen LogP contribution in [0.2, 0.25) is 0 Å². The summed E-state index contributed by atoms with van der Waals surface area (Å²) in [6, 6.07) is 33.0. The third-order valence-electron chi connectivity index (χ3n) is 7.02. The zero-order valence-corrected chi connectivity index (χ0v) is 20.2. The van der Waals surface area contributed by atoms with Crippen LogP contribution in [0.25, 0.3) is 32.8 Å². The number of hydrogen-bond donors (Lipinski definition) is 1. The SMILES string of the molecule is C=CNC1=CCC(C)=c2ccc3c(N(c4ccccc4)c4cccc(C)c4)ccc4ccc1c2c43. The van der Waals surface area contributed by atoms with Gasteiger partial charge in [0, 0.05) is 28.0 Å². The number of benzene rings is 5. The molecule has 0 aromatic heterocycles. The van der Waals surface area contributed by atoms with Gasteiger partial charge in [-0.1, -0.05) is 78.9 Å². The topological polar surface area (TPSA) is 15.3 Å². The molecule has 0 spiro atoms. The zero-order valence-electron chi connectivity index (χ0n) is 20.2. The van der Waals surface area contributed by atoms with Crippen molar-refractivity contribution >= 4 is 49.9 Å². The summed E-state index contributed by atoms with van der Waals surface area (Å²) in [5.74, 6) is 0. The van der Waals surface area contributed by atoms with Crippen LogP contribution in [-0.2, 0) is 0 Å². The molecule has 5 aromatic rings. The standard InChI is InChI=1S/C33H28N2/c1-4-34-30-19-13-23(3)27-17-18-29-31(20-15-24-14-16-28(30)33(27)32(24)29)35(25-10-6-5-7-11-25)26-12-8-9-22(2)21-26/h4-12,14-21,34H,1,13H2,2-3H3. The molecule has 0 bridgehead atoms. The molecule has 6 rings (SSSR count). The predicted octanol–water partition coefficient (Wildman–Crippen LogP) is 8.14. The Morgan fingerprint density at radius 1 is 0.800 bits per heavy atom. The first kappa shape index (κ1) is 21.2. The lowest BCUT2D eigenvalue weighted by Gasteiger charge is -2.28. The average Bonchev–Trinajstić information content (AvgIpc) is 3.02. The van der Waals surface area contributed by atoms with E-state index in [1.165, 1.54) is 49.2 Å². The second-order valence-corrected chi connectivity index (χ2v) is 9.29. The van der Waals surface area contributed by atoms with E-state index in [0.29, 0.717) is 0 Å². The molecule has 0 radical (unpaired) electrons. The molecular formula is C33H28N2. The van der Waals surface area contributed by atoms with Crippen LogP contribution in [0.3, 0.4) is 0 Å². The lowest BCUT2D eigenvalue weighted by molar-refractivity contribution is 1.21. The van der Waals surface area contributed by atoms with Crippen molar-refractivity contribution in [2.75, 3.05) is 4.90 Å². The van der Waals surface area contributed by atoms with Crippen molar-refractivity contribution in [1.82, 2.24) is 5.32 Å². The van der Waals surface area contributed by atoms with Crippen molar-refractivity contribution in [2.24, 2.45) is 0 Å². The highest BCUT2D eigenvalue weighted by Crippen LogP contribution is 2.42. The van der Waals surface area contributed by atoms with E-state index in [0.717, 1.165) is 23.5 Å². The maximum atomic E-state index is 3.92. The molecule has 0 fully saturated rings. The van der Waals surface area contributed by atoms with Gasteiger partial charge in [0.2, 0.25) is 0 Å². The summed E-state index contributed by atoms with van der Waals surface area (Å²) in [7, 11) is 0. The van der Waals surface area contributed by atoms with Gasteiger partial charge in [-0.15, -0.1) is 0 Å². The van der Waals surface area contributed by atoms with E-state index < -0.39 is 0 Å². The van der Waals surface area contributed by atoms with E-state index in [4.69, 9.17) is 0 Å². The largest absolute Gasteiger partial charge is 0.362 e. The van der Waals surface area contributed by atoms with Crippen LogP contribution in [0.1, 0.15) is 24.5 Å². The Morgan fingerprint density at radius 2 is 1.60 bits per heavy atom. The highest BCUT2D eigenvalue weighted by molar-refractivity contribution is 6.18.